The van der Waals surface area contributed by atoms with Gasteiger partial charge in [0, 0.05) is 6.54 Å². The largest absolute Gasteiger partial charge is 0.493 e. The van der Waals surface area contributed by atoms with Gasteiger partial charge in [-0.2, -0.15) is 0 Å². The molecule has 0 saturated carbocycles. The first-order valence-corrected chi connectivity index (χ1v) is 7.95. The van der Waals surface area contributed by atoms with Gasteiger partial charge < -0.3 is 20.1 Å². The van der Waals surface area contributed by atoms with E-state index in [0.717, 1.165) is 56.8 Å². The van der Waals surface area contributed by atoms with Gasteiger partial charge in [0.1, 0.15) is 6.10 Å². The first-order valence-electron chi connectivity index (χ1n) is 7.95. The quantitative estimate of drug-likeness (QED) is 0.784. The van der Waals surface area contributed by atoms with Crippen LogP contribution in [0.4, 0.5) is 0 Å². The number of benzene rings is 1. The summed E-state index contributed by atoms with van der Waals surface area (Å²) in [6.07, 6.45) is 5.69. The van der Waals surface area contributed by atoms with Crippen molar-refractivity contribution >= 4 is 0 Å². The maximum Gasteiger partial charge on any atom is 0.164 e. The fourth-order valence-corrected chi connectivity index (χ4v) is 2.89. The van der Waals surface area contributed by atoms with Crippen molar-refractivity contribution in [3.63, 3.8) is 0 Å². The second kappa shape index (κ2) is 8.25. The van der Waals surface area contributed by atoms with E-state index in [-0.39, 0.29) is 6.10 Å². The van der Waals surface area contributed by atoms with E-state index in [9.17, 15) is 0 Å². The molecule has 118 valence electrons. The Hall–Kier alpha value is -1.26. The monoisotopic (exact) mass is 292 g/mol. The zero-order valence-corrected chi connectivity index (χ0v) is 13.3. The predicted octanol–water partition coefficient (Wildman–Crippen LogP) is 2.45. The van der Waals surface area contributed by atoms with Crippen molar-refractivity contribution in [3.8, 4) is 11.5 Å². The third-order valence-corrected chi connectivity index (χ3v) is 4.05. The molecule has 0 aromatic heterocycles. The van der Waals surface area contributed by atoms with Crippen molar-refractivity contribution in [1.82, 2.24) is 4.90 Å². The standard InChI is InChI=1S/C17H28N2O2/c1-19-12-6-9-15(13-19)21-17-14(7-3-4-11-18)8-5-10-16(17)20-2/h5,8,10,15H,3-4,6-7,9,11-13,18H2,1-2H3. The number of hydrogen-bond acceptors (Lipinski definition) is 4. The highest BCUT2D eigenvalue weighted by molar-refractivity contribution is 5.46. The van der Waals surface area contributed by atoms with Crippen LogP contribution in [0.2, 0.25) is 0 Å². The van der Waals surface area contributed by atoms with Gasteiger partial charge in [0.15, 0.2) is 11.5 Å². The first-order chi connectivity index (χ1) is 10.2. The Balaban J connectivity index is 2.10. The fraction of sp³-hybridized carbons (Fsp3) is 0.647. The summed E-state index contributed by atoms with van der Waals surface area (Å²) in [5.74, 6) is 1.77. The van der Waals surface area contributed by atoms with Gasteiger partial charge in [-0.1, -0.05) is 12.1 Å². The van der Waals surface area contributed by atoms with Crippen molar-refractivity contribution < 1.29 is 9.47 Å². The van der Waals surface area contributed by atoms with Crippen molar-refractivity contribution in [1.29, 1.82) is 0 Å². The average molecular weight is 292 g/mol. The van der Waals surface area contributed by atoms with E-state index in [1.807, 2.05) is 12.1 Å². The summed E-state index contributed by atoms with van der Waals surface area (Å²) in [4.78, 5) is 2.33. The zero-order chi connectivity index (χ0) is 15.1. The third-order valence-electron chi connectivity index (χ3n) is 4.05. The SMILES string of the molecule is COc1cccc(CCCCN)c1OC1CCCN(C)C1. The molecule has 21 heavy (non-hydrogen) atoms. The Morgan fingerprint density at radius 3 is 2.90 bits per heavy atom. The van der Waals surface area contributed by atoms with Crippen LogP contribution in [0.1, 0.15) is 31.2 Å². The second-order valence-corrected chi connectivity index (χ2v) is 5.84. The number of unbranched alkanes of at least 4 members (excludes halogenated alkanes) is 1. The summed E-state index contributed by atoms with van der Waals surface area (Å²) in [7, 11) is 3.86. The minimum Gasteiger partial charge on any atom is -0.493 e. The van der Waals surface area contributed by atoms with E-state index < -0.39 is 0 Å². The lowest BCUT2D eigenvalue weighted by molar-refractivity contribution is 0.100. The molecule has 4 heteroatoms. The maximum absolute atomic E-state index is 6.31. The molecule has 0 spiro atoms. The second-order valence-electron chi connectivity index (χ2n) is 5.84. The Labute approximate surface area is 128 Å². The number of hydrogen-bond donors (Lipinski definition) is 1. The highest BCUT2D eigenvalue weighted by Crippen LogP contribution is 2.34. The average Bonchev–Trinajstić information content (AvgIpc) is 2.49. The predicted molar refractivity (Wildman–Crippen MR) is 86.1 cm³/mol. The molecule has 0 aliphatic carbocycles. The van der Waals surface area contributed by atoms with Gasteiger partial charge in [0.25, 0.3) is 0 Å². The summed E-state index contributed by atoms with van der Waals surface area (Å²) in [6, 6.07) is 6.16. The van der Waals surface area contributed by atoms with Gasteiger partial charge in [-0.25, -0.2) is 0 Å². The number of methoxy groups -OCH3 is 1. The number of rotatable bonds is 7. The number of ether oxygens (including phenoxy) is 2. The number of para-hydroxylation sites is 1. The Kier molecular flexibility index (Phi) is 6.33. The van der Waals surface area contributed by atoms with Crippen molar-refractivity contribution in [2.45, 2.75) is 38.2 Å². The van der Waals surface area contributed by atoms with Gasteiger partial charge >= 0.3 is 0 Å². The van der Waals surface area contributed by atoms with Crippen LogP contribution in [0.25, 0.3) is 0 Å². The molecule has 1 heterocycles. The molecule has 1 aromatic rings. The molecular weight excluding hydrogens is 264 g/mol. The van der Waals surface area contributed by atoms with Crippen molar-refractivity contribution in [2.24, 2.45) is 5.73 Å². The number of piperidine rings is 1. The van der Waals surface area contributed by atoms with E-state index in [1.54, 1.807) is 7.11 Å². The number of nitrogens with zero attached hydrogens (tertiary/aromatic N) is 1. The van der Waals surface area contributed by atoms with Gasteiger partial charge in [0.2, 0.25) is 0 Å². The molecular formula is C17H28N2O2. The summed E-state index contributed by atoms with van der Waals surface area (Å²) in [6.45, 7) is 2.89. The topological polar surface area (TPSA) is 47.7 Å². The molecule has 2 rings (SSSR count). The van der Waals surface area contributed by atoms with Crippen molar-refractivity contribution in [2.75, 3.05) is 33.8 Å². The zero-order valence-electron chi connectivity index (χ0n) is 13.3. The normalized spacial score (nSPS) is 19.5. The fourth-order valence-electron chi connectivity index (χ4n) is 2.89. The van der Waals surface area contributed by atoms with Crippen LogP contribution in [-0.2, 0) is 6.42 Å². The molecule has 1 saturated heterocycles. The molecule has 0 amide bonds. The lowest BCUT2D eigenvalue weighted by atomic mass is 10.1. The maximum atomic E-state index is 6.31. The van der Waals surface area contributed by atoms with Crippen LogP contribution in [-0.4, -0.2) is 44.8 Å². The van der Waals surface area contributed by atoms with Gasteiger partial charge in [-0.05, 0) is 63.9 Å². The highest BCUT2D eigenvalue weighted by Gasteiger charge is 2.21. The number of aryl methyl sites for hydroxylation is 1. The summed E-state index contributed by atoms with van der Waals surface area (Å²) in [5, 5.41) is 0. The van der Waals surface area contributed by atoms with Gasteiger partial charge in [-0.3, -0.25) is 0 Å². The smallest absolute Gasteiger partial charge is 0.164 e. The van der Waals surface area contributed by atoms with E-state index in [1.165, 1.54) is 12.0 Å². The van der Waals surface area contributed by atoms with E-state index in [4.69, 9.17) is 15.2 Å². The van der Waals surface area contributed by atoms with Crippen LogP contribution in [0.5, 0.6) is 11.5 Å². The number of nitrogens with two attached hydrogens (primary N) is 1. The minimum atomic E-state index is 0.258. The minimum absolute atomic E-state index is 0.258. The lowest BCUT2D eigenvalue weighted by Gasteiger charge is -2.31. The van der Waals surface area contributed by atoms with E-state index in [0.29, 0.717) is 0 Å². The van der Waals surface area contributed by atoms with Gasteiger partial charge in [0.05, 0.1) is 7.11 Å². The number of likely N-dealkylation sites (tertiary alicyclic amines) is 1. The van der Waals surface area contributed by atoms with Crippen LogP contribution in [0, 0.1) is 0 Å². The van der Waals surface area contributed by atoms with Crippen LogP contribution in [0.3, 0.4) is 0 Å². The number of likely N-dealkylation sites (N-methyl/N-ethyl adjacent to an activating group) is 1. The van der Waals surface area contributed by atoms with Crippen LogP contribution >= 0.6 is 0 Å². The molecule has 1 aromatic carbocycles. The highest BCUT2D eigenvalue weighted by atomic mass is 16.5. The molecule has 4 nitrogen and oxygen atoms in total. The summed E-state index contributed by atoms with van der Waals surface area (Å²) >= 11 is 0. The molecule has 2 N–H and O–H groups in total. The first kappa shape index (κ1) is 16.1. The van der Waals surface area contributed by atoms with Crippen LogP contribution < -0.4 is 15.2 Å². The van der Waals surface area contributed by atoms with Crippen molar-refractivity contribution in [3.05, 3.63) is 23.8 Å². The third kappa shape index (κ3) is 4.61. The van der Waals surface area contributed by atoms with E-state index in [2.05, 4.69) is 18.0 Å². The molecule has 1 aliphatic heterocycles. The van der Waals surface area contributed by atoms with Gasteiger partial charge in [-0.15, -0.1) is 0 Å². The summed E-state index contributed by atoms with van der Waals surface area (Å²) < 4.78 is 11.8. The molecule has 1 atom stereocenters. The Morgan fingerprint density at radius 1 is 1.33 bits per heavy atom. The lowest BCUT2D eigenvalue weighted by Crippen LogP contribution is -2.38. The summed E-state index contributed by atoms with van der Waals surface area (Å²) in [5.41, 5.74) is 6.82. The molecule has 1 aliphatic rings. The molecule has 1 fully saturated rings. The molecule has 1 unspecified atom stereocenters. The Morgan fingerprint density at radius 2 is 2.19 bits per heavy atom. The Bertz CT molecular complexity index is 437. The van der Waals surface area contributed by atoms with Crippen LogP contribution in [0.15, 0.2) is 18.2 Å². The van der Waals surface area contributed by atoms with E-state index >= 15 is 0 Å². The molecule has 0 bridgehead atoms. The molecule has 0 radical (unpaired) electrons.